The summed E-state index contributed by atoms with van der Waals surface area (Å²) in [4.78, 5) is 25.1. The van der Waals surface area contributed by atoms with Gasteiger partial charge < -0.3 is 10.2 Å². The average molecular weight is 226 g/mol. The zero-order valence-corrected chi connectivity index (χ0v) is 10.6. The van der Waals surface area contributed by atoms with Crippen molar-refractivity contribution in [3.8, 4) is 0 Å². The molecule has 0 aromatic heterocycles. The smallest absolute Gasteiger partial charge is 0.225 e. The number of carbonyl (C=O) groups is 2. The molecule has 1 N–H and O–H groups in total. The van der Waals surface area contributed by atoms with E-state index in [1.165, 1.54) is 0 Å². The maximum absolute atomic E-state index is 11.7. The predicted octanol–water partition coefficient (Wildman–Crippen LogP) is 1.02. The van der Waals surface area contributed by atoms with Gasteiger partial charge in [-0.1, -0.05) is 27.7 Å². The van der Waals surface area contributed by atoms with Crippen LogP contribution in [0.2, 0.25) is 0 Å². The molecule has 16 heavy (non-hydrogen) atoms. The largest absolute Gasteiger partial charge is 0.351 e. The molecular formula is C12H22N2O2. The van der Waals surface area contributed by atoms with Gasteiger partial charge in [-0.05, 0) is 6.42 Å². The number of nitrogens with one attached hydrogen (secondary N) is 1. The molecule has 1 fully saturated rings. The van der Waals surface area contributed by atoms with E-state index in [9.17, 15) is 9.59 Å². The van der Waals surface area contributed by atoms with Crippen molar-refractivity contribution in [1.29, 1.82) is 0 Å². The fourth-order valence-electron chi connectivity index (χ4n) is 1.81. The summed E-state index contributed by atoms with van der Waals surface area (Å²) in [5, 5.41) is 2.97. The number of carbonyl (C=O) groups excluding carboxylic acids is 2. The number of likely N-dealkylation sites (tertiary alicyclic amines) is 1. The standard InChI is InChI=1S/C12H22N2O2/c1-8(2)11(15)13-10-5-6-14(7-10)12(16)9(3)4/h8-10H,5-7H2,1-4H3,(H,13,15). The van der Waals surface area contributed by atoms with Gasteiger partial charge in [0.2, 0.25) is 11.8 Å². The van der Waals surface area contributed by atoms with Gasteiger partial charge in [0, 0.05) is 31.0 Å². The Kier molecular flexibility index (Phi) is 4.33. The van der Waals surface area contributed by atoms with Crippen molar-refractivity contribution < 1.29 is 9.59 Å². The molecular weight excluding hydrogens is 204 g/mol. The second kappa shape index (κ2) is 5.32. The van der Waals surface area contributed by atoms with Gasteiger partial charge in [-0.25, -0.2) is 0 Å². The Morgan fingerprint density at radius 3 is 2.31 bits per heavy atom. The Labute approximate surface area is 97.4 Å². The van der Waals surface area contributed by atoms with Gasteiger partial charge in [0.05, 0.1) is 0 Å². The molecule has 0 aromatic rings. The molecule has 0 aliphatic carbocycles. The van der Waals surface area contributed by atoms with Crippen LogP contribution in [-0.2, 0) is 9.59 Å². The van der Waals surface area contributed by atoms with Crippen LogP contribution in [0.15, 0.2) is 0 Å². The van der Waals surface area contributed by atoms with Gasteiger partial charge in [-0.2, -0.15) is 0 Å². The van der Waals surface area contributed by atoms with Crippen LogP contribution in [0, 0.1) is 11.8 Å². The summed E-state index contributed by atoms with van der Waals surface area (Å²) in [6.45, 7) is 8.99. The van der Waals surface area contributed by atoms with Gasteiger partial charge in [0.1, 0.15) is 0 Å². The molecule has 1 rings (SSSR count). The van der Waals surface area contributed by atoms with Gasteiger partial charge in [-0.15, -0.1) is 0 Å². The lowest BCUT2D eigenvalue weighted by atomic mass is 10.2. The predicted molar refractivity (Wildman–Crippen MR) is 62.8 cm³/mol. The molecule has 4 nitrogen and oxygen atoms in total. The highest BCUT2D eigenvalue weighted by molar-refractivity contribution is 5.80. The molecule has 0 bridgehead atoms. The molecule has 1 heterocycles. The summed E-state index contributed by atoms with van der Waals surface area (Å²) < 4.78 is 0. The van der Waals surface area contributed by atoms with E-state index in [0.29, 0.717) is 6.54 Å². The normalized spacial score (nSPS) is 20.6. The fourth-order valence-corrected chi connectivity index (χ4v) is 1.81. The lowest BCUT2D eigenvalue weighted by molar-refractivity contribution is -0.133. The third-order valence-electron chi connectivity index (χ3n) is 2.86. The minimum absolute atomic E-state index is 0.00912. The van der Waals surface area contributed by atoms with E-state index >= 15 is 0 Å². The highest BCUT2D eigenvalue weighted by Gasteiger charge is 2.28. The number of nitrogens with zero attached hydrogens (tertiary/aromatic N) is 1. The molecule has 1 aliphatic rings. The first-order valence-electron chi connectivity index (χ1n) is 6.01. The van der Waals surface area contributed by atoms with Crippen molar-refractivity contribution in [3.05, 3.63) is 0 Å². The van der Waals surface area contributed by atoms with E-state index in [-0.39, 0.29) is 29.7 Å². The minimum Gasteiger partial charge on any atom is -0.351 e. The summed E-state index contributed by atoms with van der Waals surface area (Å²) in [7, 11) is 0. The summed E-state index contributed by atoms with van der Waals surface area (Å²) in [6, 6.07) is 0.137. The van der Waals surface area contributed by atoms with Crippen molar-refractivity contribution in [2.45, 2.75) is 40.2 Å². The third kappa shape index (κ3) is 3.22. The van der Waals surface area contributed by atoms with E-state index in [1.807, 2.05) is 32.6 Å². The Morgan fingerprint density at radius 1 is 1.19 bits per heavy atom. The second-order valence-electron chi connectivity index (χ2n) is 5.09. The van der Waals surface area contributed by atoms with Crippen LogP contribution in [0.4, 0.5) is 0 Å². The quantitative estimate of drug-likeness (QED) is 0.781. The number of rotatable bonds is 3. The van der Waals surface area contributed by atoms with E-state index in [4.69, 9.17) is 0 Å². The van der Waals surface area contributed by atoms with Gasteiger partial charge >= 0.3 is 0 Å². The first-order valence-corrected chi connectivity index (χ1v) is 6.01. The first-order chi connectivity index (χ1) is 7.41. The van der Waals surface area contributed by atoms with Crippen LogP contribution in [0.25, 0.3) is 0 Å². The molecule has 1 saturated heterocycles. The Hall–Kier alpha value is -1.06. The maximum Gasteiger partial charge on any atom is 0.225 e. The molecule has 1 unspecified atom stereocenters. The average Bonchev–Trinajstić information content (AvgIpc) is 2.64. The van der Waals surface area contributed by atoms with Crippen LogP contribution >= 0.6 is 0 Å². The molecule has 0 saturated carbocycles. The van der Waals surface area contributed by atoms with Crippen molar-refractivity contribution in [1.82, 2.24) is 10.2 Å². The highest BCUT2D eigenvalue weighted by Crippen LogP contribution is 2.13. The topological polar surface area (TPSA) is 49.4 Å². The van der Waals surface area contributed by atoms with E-state index in [1.54, 1.807) is 0 Å². The van der Waals surface area contributed by atoms with Gasteiger partial charge in [0.25, 0.3) is 0 Å². The van der Waals surface area contributed by atoms with E-state index < -0.39 is 0 Å². The lowest BCUT2D eigenvalue weighted by Crippen LogP contribution is -2.41. The maximum atomic E-state index is 11.7. The minimum atomic E-state index is 0.00912. The fraction of sp³-hybridized carbons (Fsp3) is 0.833. The molecule has 2 amide bonds. The Balaban J connectivity index is 2.41. The van der Waals surface area contributed by atoms with Crippen LogP contribution in [-0.4, -0.2) is 35.8 Å². The molecule has 92 valence electrons. The molecule has 4 heteroatoms. The second-order valence-corrected chi connectivity index (χ2v) is 5.09. The van der Waals surface area contributed by atoms with Crippen molar-refractivity contribution in [2.24, 2.45) is 11.8 Å². The van der Waals surface area contributed by atoms with Crippen LogP contribution < -0.4 is 5.32 Å². The van der Waals surface area contributed by atoms with Gasteiger partial charge in [0.15, 0.2) is 0 Å². The van der Waals surface area contributed by atoms with E-state index in [0.717, 1.165) is 13.0 Å². The molecule has 0 aromatic carbocycles. The zero-order valence-electron chi connectivity index (χ0n) is 10.6. The van der Waals surface area contributed by atoms with Crippen LogP contribution in [0.5, 0.6) is 0 Å². The Bertz CT molecular complexity index is 274. The summed E-state index contributed by atoms with van der Waals surface area (Å²) >= 11 is 0. The van der Waals surface area contributed by atoms with Crippen LogP contribution in [0.3, 0.4) is 0 Å². The van der Waals surface area contributed by atoms with Crippen molar-refractivity contribution in [3.63, 3.8) is 0 Å². The summed E-state index contributed by atoms with van der Waals surface area (Å²) in [6.07, 6.45) is 0.872. The van der Waals surface area contributed by atoms with Crippen LogP contribution in [0.1, 0.15) is 34.1 Å². The molecule has 1 aliphatic heterocycles. The molecule has 0 radical (unpaired) electrons. The monoisotopic (exact) mass is 226 g/mol. The SMILES string of the molecule is CC(C)C(=O)NC1CCN(C(=O)C(C)C)C1. The number of hydrogen-bond donors (Lipinski definition) is 1. The zero-order chi connectivity index (χ0) is 12.3. The number of amides is 2. The Morgan fingerprint density at radius 2 is 1.81 bits per heavy atom. The first kappa shape index (κ1) is 13.0. The number of hydrogen-bond acceptors (Lipinski definition) is 2. The highest BCUT2D eigenvalue weighted by atomic mass is 16.2. The van der Waals surface area contributed by atoms with Crippen molar-refractivity contribution in [2.75, 3.05) is 13.1 Å². The molecule has 1 atom stereocenters. The van der Waals surface area contributed by atoms with E-state index in [2.05, 4.69) is 5.32 Å². The third-order valence-corrected chi connectivity index (χ3v) is 2.86. The summed E-state index contributed by atoms with van der Waals surface area (Å²) in [5.74, 6) is 0.305. The lowest BCUT2D eigenvalue weighted by Gasteiger charge is -2.19. The summed E-state index contributed by atoms with van der Waals surface area (Å²) in [5.41, 5.74) is 0. The molecule has 0 spiro atoms. The van der Waals surface area contributed by atoms with Gasteiger partial charge in [-0.3, -0.25) is 9.59 Å². The van der Waals surface area contributed by atoms with Crippen molar-refractivity contribution >= 4 is 11.8 Å².